The van der Waals surface area contributed by atoms with Gasteiger partial charge in [-0.05, 0) is 75.0 Å². The number of benzene rings is 1. The van der Waals surface area contributed by atoms with Crippen LogP contribution in [-0.2, 0) is 9.59 Å². The molecule has 0 aromatic heterocycles. The second-order valence-corrected chi connectivity index (χ2v) is 7.44. The molecule has 0 aliphatic carbocycles. The first-order chi connectivity index (χ1) is 13.5. The van der Waals surface area contributed by atoms with Gasteiger partial charge in [0, 0.05) is 18.8 Å². The van der Waals surface area contributed by atoms with Gasteiger partial charge in [0.15, 0.2) is 0 Å². The largest absolute Gasteiger partial charge is 0.478 e. The molecule has 2 saturated heterocycles. The number of carbonyl (C=O) groups is 3. The van der Waals surface area contributed by atoms with Gasteiger partial charge in [0.1, 0.15) is 0 Å². The summed E-state index contributed by atoms with van der Waals surface area (Å²) in [5.41, 5.74) is 0.734. The van der Waals surface area contributed by atoms with Gasteiger partial charge in [0.25, 0.3) is 0 Å². The Morgan fingerprint density at radius 2 is 1.82 bits per heavy atom. The second-order valence-electron chi connectivity index (χ2n) is 7.44. The number of nitrogens with zero attached hydrogens (tertiary/aromatic N) is 1. The van der Waals surface area contributed by atoms with Crippen LogP contribution in [0.2, 0.25) is 0 Å². The number of carboxylic acid groups (broad SMARTS) is 1. The quantitative estimate of drug-likeness (QED) is 0.675. The van der Waals surface area contributed by atoms with Crippen molar-refractivity contribution in [2.24, 2.45) is 11.8 Å². The lowest BCUT2D eigenvalue weighted by Gasteiger charge is -2.31. The SMILES string of the molecule is O=C(O)c1ccc(NC(=O)[C@@H]2CCCN(C(=O)/C=C/C3CCNCC3)C2)cc1. The molecule has 0 bridgehead atoms. The fourth-order valence-electron chi connectivity index (χ4n) is 3.69. The number of rotatable bonds is 5. The number of carbonyl (C=O) groups excluding carboxylic acids is 2. The maximum absolute atomic E-state index is 12.6. The summed E-state index contributed by atoms with van der Waals surface area (Å²) in [6.07, 6.45) is 7.31. The standard InChI is InChI=1S/C21H27N3O4/c25-19(8-3-15-9-11-22-12-10-15)24-13-1-2-17(14-24)20(26)23-18-6-4-16(5-7-18)21(27)28/h3-8,15,17,22H,1-2,9-14H2,(H,23,26)(H,27,28)/b8-3+/t17-/m1/s1. The number of aromatic carboxylic acids is 1. The first-order valence-electron chi connectivity index (χ1n) is 9.85. The number of allylic oxidation sites excluding steroid dienone is 1. The fourth-order valence-corrected chi connectivity index (χ4v) is 3.69. The third-order valence-electron chi connectivity index (χ3n) is 5.40. The van der Waals surface area contributed by atoms with Gasteiger partial charge in [-0.2, -0.15) is 0 Å². The van der Waals surface area contributed by atoms with Crippen LogP contribution < -0.4 is 10.6 Å². The van der Waals surface area contributed by atoms with E-state index in [4.69, 9.17) is 5.11 Å². The van der Waals surface area contributed by atoms with Crippen LogP contribution in [0.1, 0.15) is 36.0 Å². The van der Waals surface area contributed by atoms with Gasteiger partial charge in [0.2, 0.25) is 11.8 Å². The minimum atomic E-state index is -1.00. The van der Waals surface area contributed by atoms with Crippen molar-refractivity contribution in [1.82, 2.24) is 10.2 Å². The van der Waals surface area contributed by atoms with Gasteiger partial charge < -0.3 is 20.6 Å². The molecule has 2 amide bonds. The van der Waals surface area contributed by atoms with Crippen molar-refractivity contribution in [3.05, 3.63) is 42.0 Å². The number of amides is 2. The Morgan fingerprint density at radius 3 is 2.50 bits per heavy atom. The smallest absolute Gasteiger partial charge is 0.335 e. The average Bonchev–Trinajstić information content (AvgIpc) is 2.73. The zero-order valence-corrected chi connectivity index (χ0v) is 15.9. The van der Waals surface area contributed by atoms with Gasteiger partial charge in [-0.25, -0.2) is 4.79 Å². The van der Waals surface area contributed by atoms with Crippen molar-refractivity contribution >= 4 is 23.5 Å². The molecule has 1 aromatic rings. The Balaban J connectivity index is 1.53. The van der Waals surface area contributed by atoms with E-state index in [9.17, 15) is 14.4 Å². The summed E-state index contributed by atoms with van der Waals surface area (Å²) in [6, 6.07) is 6.07. The van der Waals surface area contributed by atoms with Crippen LogP contribution in [0.3, 0.4) is 0 Å². The van der Waals surface area contributed by atoms with Crippen LogP contribution in [-0.4, -0.2) is 54.0 Å². The third-order valence-corrected chi connectivity index (χ3v) is 5.40. The molecule has 0 unspecified atom stereocenters. The Kier molecular flexibility index (Phi) is 6.81. The highest BCUT2D eigenvalue weighted by molar-refractivity contribution is 5.95. The summed E-state index contributed by atoms with van der Waals surface area (Å²) < 4.78 is 0. The number of likely N-dealkylation sites (tertiary alicyclic amines) is 1. The highest BCUT2D eigenvalue weighted by Crippen LogP contribution is 2.20. The van der Waals surface area contributed by atoms with Crippen molar-refractivity contribution < 1.29 is 19.5 Å². The number of hydrogen-bond acceptors (Lipinski definition) is 4. The molecule has 2 aliphatic rings. The fraction of sp³-hybridized carbons (Fsp3) is 0.476. The number of anilines is 1. The Morgan fingerprint density at radius 1 is 1.11 bits per heavy atom. The van der Waals surface area contributed by atoms with Crippen molar-refractivity contribution in [2.75, 3.05) is 31.5 Å². The minimum absolute atomic E-state index is 0.0261. The van der Waals surface area contributed by atoms with Crippen molar-refractivity contribution in [3.63, 3.8) is 0 Å². The normalized spacial score (nSPS) is 20.9. The van der Waals surface area contributed by atoms with E-state index in [1.54, 1.807) is 23.1 Å². The molecule has 2 aliphatic heterocycles. The minimum Gasteiger partial charge on any atom is -0.478 e. The average molecular weight is 385 g/mol. The molecule has 7 heteroatoms. The molecule has 3 N–H and O–H groups in total. The van der Waals surface area contributed by atoms with Crippen LogP contribution in [0.5, 0.6) is 0 Å². The lowest BCUT2D eigenvalue weighted by molar-refractivity contribution is -0.130. The van der Waals surface area contributed by atoms with Crippen LogP contribution in [0, 0.1) is 11.8 Å². The molecule has 2 heterocycles. The summed E-state index contributed by atoms with van der Waals surface area (Å²) in [5, 5.41) is 15.1. The van der Waals surface area contributed by atoms with E-state index >= 15 is 0 Å². The first kappa shape index (κ1) is 20.1. The highest BCUT2D eigenvalue weighted by atomic mass is 16.4. The highest BCUT2D eigenvalue weighted by Gasteiger charge is 2.27. The van der Waals surface area contributed by atoms with E-state index in [2.05, 4.69) is 10.6 Å². The van der Waals surface area contributed by atoms with E-state index in [-0.39, 0.29) is 23.3 Å². The Hall–Kier alpha value is -2.67. The monoisotopic (exact) mass is 385 g/mol. The second kappa shape index (κ2) is 9.50. The van der Waals surface area contributed by atoms with E-state index < -0.39 is 5.97 Å². The van der Waals surface area contributed by atoms with Gasteiger partial charge in [-0.3, -0.25) is 9.59 Å². The maximum Gasteiger partial charge on any atom is 0.335 e. The van der Waals surface area contributed by atoms with E-state index in [0.29, 0.717) is 24.7 Å². The lowest BCUT2D eigenvalue weighted by Crippen LogP contribution is -2.43. The molecule has 150 valence electrons. The van der Waals surface area contributed by atoms with Gasteiger partial charge >= 0.3 is 5.97 Å². The summed E-state index contributed by atoms with van der Waals surface area (Å²) in [4.78, 5) is 37.7. The summed E-state index contributed by atoms with van der Waals surface area (Å²) in [5.74, 6) is -0.978. The van der Waals surface area contributed by atoms with Gasteiger partial charge in [0.05, 0.1) is 11.5 Å². The molecule has 28 heavy (non-hydrogen) atoms. The number of piperidine rings is 2. The first-order valence-corrected chi connectivity index (χ1v) is 9.85. The Bertz CT molecular complexity index is 739. The van der Waals surface area contributed by atoms with Crippen molar-refractivity contribution in [3.8, 4) is 0 Å². The zero-order chi connectivity index (χ0) is 19.9. The van der Waals surface area contributed by atoms with Crippen LogP contribution >= 0.6 is 0 Å². The summed E-state index contributed by atoms with van der Waals surface area (Å²) >= 11 is 0. The topological polar surface area (TPSA) is 98.7 Å². The summed E-state index contributed by atoms with van der Waals surface area (Å²) in [7, 11) is 0. The molecule has 0 saturated carbocycles. The molecule has 0 radical (unpaired) electrons. The molecular weight excluding hydrogens is 358 g/mol. The molecule has 1 atom stereocenters. The molecule has 7 nitrogen and oxygen atoms in total. The maximum atomic E-state index is 12.6. The van der Waals surface area contributed by atoms with E-state index in [1.807, 2.05) is 6.08 Å². The van der Waals surface area contributed by atoms with Crippen molar-refractivity contribution in [2.45, 2.75) is 25.7 Å². The van der Waals surface area contributed by atoms with Crippen LogP contribution in [0.25, 0.3) is 0 Å². The number of carboxylic acids is 1. The summed E-state index contributed by atoms with van der Waals surface area (Å²) in [6.45, 7) is 3.06. The predicted octanol–water partition coefficient (Wildman–Crippen LogP) is 2.12. The van der Waals surface area contributed by atoms with Crippen molar-refractivity contribution in [1.29, 1.82) is 0 Å². The van der Waals surface area contributed by atoms with Gasteiger partial charge in [-0.1, -0.05) is 6.08 Å². The zero-order valence-electron chi connectivity index (χ0n) is 15.9. The Labute approximate surface area is 164 Å². The lowest BCUT2D eigenvalue weighted by atomic mass is 9.96. The molecule has 1 aromatic carbocycles. The third kappa shape index (κ3) is 5.42. The van der Waals surface area contributed by atoms with Crippen LogP contribution in [0.4, 0.5) is 5.69 Å². The number of nitrogens with one attached hydrogen (secondary N) is 2. The molecule has 3 rings (SSSR count). The molecule has 2 fully saturated rings. The molecule has 0 spiro atoms. The van der Waals surface area contributed by atoms with E-state index in [1.165, 1.54) is 12.1 Å². The predicted molar refractivity (Wildman–Crippen MR) is 106 cm³/mol. The van der Waals surface area contributed by atoms with Crippen LogP contribution in [0.15, 0.2) is 36.4 Å². The number of hydrogen-bond donors (Lipinski definition) is 3. The van der Waals surface area contributed by atoms with Gasteiger partial charge in [-0.15, -0.1) is 0 Å². The van der Waals surface area contributed by atoms with E-state index in [0.717, 1.165) is 38.8 Å². The molecular formula is C21H27N3O4.